The maximum absolute atomic E-state index is 12.6. The van der Waals surface area contributed by atoms with Crippen LogP contribution in [0.1, 0.15) is 26.7 Å². The zero-order valence-electron chi connectivity index (χ0n) is 15.0. The molecule has 2 heterocycles. The molecule has 25 heavy (non-hydrogen) atoms. The average Bonchev–Trinajstić information content (AvgIpc) is 2.93. The third kappa shape index (κ3) is 5.23. The van der Waals surface area contributed by atoms with E-state index in [1.165, 1.54) is 0 Å². The highest BCUT2D eigenvalue weighted by atomic mass is 79.9. The van der Waals surface area contributed by atoms with Gasteiger partial charge in [-0.25, -0.2) is 4.99 Å². The molecule has 2 rings (SSSR count). The number of nitrogens with zero attached hydrogens (tertiary/aromatic N) is 3. The Bertz CT molecular complexity index is 586. The standard InChI is InChI=1S/C17H25BrF3N3O/c1-5-14-15(25-10-17(19,20)21)13(18)8-11(2)24(4)16(22-14)12-6-7-23(3)9-12/h8,11-12H,5-7,9-10H2,1-4H3/b13-8-,15-14?,22-16?. The molecule has 2 aliphatic heterocycles. The lowest BCUT2D eigenvalue weighted by Gasteiger charge is -2.32. The van der Waals surface area contributed by atoms with Crippen molar-refractivity contribution in [2.24, 2.45) is 10.9 Å². The summed E-state index contributed by atoms with van der Waals surface area (Å²) in [6.45, 7) is 4.44. The van der Waals surface area contributed by atoms with E-state index >= 15 is 0 Å². The SMILES string of the molecule is CCC1=C(OCC(F)(F)F)/C(Br)=C/C(C)N(C)C(C2CCN(C)C2)=N1. The fraction of sp³-hybridized carbons (Fsp3) is 0.706. The summed E-state index contributed by atoms with van der Waals surface area (Å²) in [7, 11) is 4.05. The monoisotopic (exact) mass is 423 g/mol. The summed E-state index contributed by atoms with van der Waals surface area (Å²) in [6.07, 6.45) is -1.03. The minimum Gasteiger partial charge on any atom is -0.481 e. The van der Waals surface area contributed by atoms with E-state index in [9.17, 15) is 13.2 Å². The number of hydrogen-bond donors (Lipinski definition) is 0. The lowest BCUT2D eigenvalue weighted by Crippen LogP contribution is -2.40. The molecule has 2 unspecified atom stereocenters. The van der Waals surface area contributed by atoms with Crippen molar-refractivity contribution in [2.75, 3.05) is 33.8 Å². The summed E-state index contributed by atoms with van der Waals surface area (Å²) < 4.78 is 43.5. The van der Waals surface area contributed by atoms with E-state index in [0.29, 0.717) is 16.6 Å². The quantitative estimate of drug-likeness (QED) is 0.679. The molecular weight excluding hydrogens is 399 g/mol. The number of likely N-dealkylation sites (tertiary alicyclic amines) is 1. The van der Waals surface area contributed by atoms with Crippen LogP contribution in [0, 0.1) is 5.92 Å². The molecule has 0 N–H and O–H groups in total. The predicted octanol–water partition coefficient (Wildman–Crippen LogP) is 4.15. The molecular formula is C17H25BrF3N3O. The molecule has 2 atom stereocenters. The van der Waals surface area contributed by atoms with Crippen LogP contribution in [-0.4, -0.2) is 61.6 Å². The largest absolute Gasteiger partial charge is 0.481 e. The van der Waals surface area contributed by atoms with E-state index in [1.807, 2.05) is 27.0 Å². The topological polar surface area (TPSA) is 28.1 Å². The number of ether oxygens (including phenoxy) is 1. The molecule has 0 aromatic carbocycles. The molecule has 0 bridgehead atoms. The van der Waals surface area contributed by atoms with E-state index in [-0.39, 0.29) is 17.7 Å². The van der Waals surface area contributed by atoms with Gasteiger partial charge in [0, 0.05) is 25.6 Å². The van der Waals surface area contributed by atoms with Crippen molar-refractivity contribution in [2.45, 2.75) is 38.9 Å². The first-order valence-electron chi connectivity index (χ1n) is 8.42. The van der Waals surface area contributed by atoms with Gasteiger partial charge in [0.1, 0.15) is 5.84 Å². The Morgan fingerprint density at radius 3 is 2.56 bits per heavy atom. The molecule has 1 fully saturated rings. The Hall–Kier alpha value is -1.02. The van der Waals surface area contributed by atoms with Crippen molar-refractivity contribution < 1.29 is 17.9 Å². The fourth-order valence-corrected chi connectivity index (χ4v) is 3.81. The molecule has 1 saturated heterocycles. The Labute approximate surface area is 155 Å². The molecule has 8 heteroatoms. The number of likely N-dealkylation sites (N-methyl/N-ethyl adjacent to an activating group) is 1. The number of halogens is 4. The van der Waals surface area contributed by atoms with Gasteiger partial charge in [0.2, 0.25) is 0 Å². The van der Waals surface area contributed by atoms with E-state index < -0.39 is 12.8 Å². The van der Waals surface area contributed by atoms with Gasteiger partial charge < -0.3 is 14.5 Å². The van der Waals surface area contributed by atoms with E-state index in [2.05, 4.69) is 32.8 Å². The molecule has 0 amide bonds. The maximum atomic E-state index is 12.6. The van der Waals surface area contributed by atoms with Crippen LogP contribution in [0.3, 0.4) is 0 Å². The molecule has 0 aromatic heterocycles. The van der Waals surface area contributed by atoms with Crippen LogP contribution < -0.4 is 0 Å². The van der Waals surface area contributed by atoms with Gasteiger partial charge in [0.05, 0.1) is 10.2 Å². The number of amidine groups is 1. The second-order valence-corrected chi connectivity index (χ2v) is 7.47. The van der Waals surface area contributed by atoms with Crippen molar-refractivity contribution in [3.05, 3.63) is 22.0 Å². The highest BCUT2D eigenvalue weighted by Gasteiger charge is 2.32. The van der Waals surface area contributed by atoms with Gasteiger partial charge in [-0.1, -0.05) is 6.92 Å². The smallest absolute Gasteiger partial charge is 0.422 e. The highest BCUT2D eigenvalue weighted by Crippen LogP contribution is 2.31. The Morgan fingerprint density at radius 1 is 1.36 bits per heavy atom. The Morgan fingerprint density at radius 2 is 2.04 bits per heavy atom. The summed E-state index contributed by atoms with van der Waals surface area (Å²) in [5.41, 5.74) is 0.538. The van der Waals surface area contributed by atoms with Crippen LogP contribution in [0.25, 0.3) is 0 Å². The van der Waals surface area contributed by atoms with Crippen LogP contribution in [0.4, 0.5) is 13.2 Å². The van der Waals surface area contributed by atoms with Crippen molar-refractivity contribution in [1.29, 1.82) is 0 Å². The number of rotatable bonds is 4. The van der Waals surface area contributed by atoms with Crippen molar-refractivity contribution >= 4 is 21.8 Å². The van der Waals surface area contributed by atoms with Gasteiger partial charge in [-0.05, 0) is 55.4 Å². The third-order valence-corrected chi connectivity index (χ3v) is 5.18. The minimum atomic E-state index is -4.38. The van der Waals surface area contributed by atoms with Crippen molar-refractivity contribution in [3.63, 3.8) is 0 Å². The van der Waals surface area contributed by atoms with E-state index in [1.54, 1.807) is 0 Å². The van der Waals surface area contributed by atoms with Crippen LogP contribution in [-0.2, 0) is 4.74 Å². The zero-order valence-corrected chi connectivity index (χ0v) is 16.6. The van der Waals surface area contributed by atoms with Crippen LogP contribution in [0.5, 0.6) is 0 Å². The Kier molecular flexibility index (Phi) is 6.59. The molecule has 2 aliphatic rings. The highest BCUT2D eigenvalue weighted by molar-refractivity contribution is 9.11. The number of allylic oxidation sites excluding steroid dienone is 2. The van der Waals surface area contributed by atoms with Crippen LogP contribution >= 0.6 is 15.9 Å². The first kappa shape index (κ1) is 20.3. The average molecular weight is 424 g/mol. The van der Waals surface area contributed by atoms with Gasteiger partial charge in [-0.2, -0.15) is 13.2 Å². The second kappa shape index (κ2) is 8.12. The molecule has 0 aromatic rings. The van der Waals surface area contributed by atoms with Gasteiger partial charge in [-0.15, -0.1) is 0 Å². The summed E-state index contributed by atoms with van der Waals surface area (Å²) >= 11 is 3.38. The van der Waals surface area contributed by atoms with Gasteiger partial charge in [0.15, 0.2) is 12.4 Å². The summed E-state index contributed by atoms with van der Waals surface area (Å²) in [6, 6.07) is -0.0121. The molecule has 0 radical (unpaired) electrons. The van der Waals surface area contributed by atoms with Crippen molar-refractivity contribution in [3.8, 4) is 0 Å². The number of alkyl halides is 3. The number of aliphatic imine (C=N–C) groups is 1. The third-order valence-electron chi connectivity index (χ3n) is 4.56. The summed E-state index contributed by atoms with van der Waals surface area (Å²) in [5.74, 6) is 1.37. The molecule has 4 nitrogen and oxygen atoms in total. The van der Waals surface area contributed by atoms with Crippen LogP contribution in [0.15, 0.2) is 27.0 Å². The van der Waals surface area contributed by atoms with Crippen molar-refractivity contribution in [1.82, 2.24) is 9.80 Å². The maximum Gasteiger partial charge on any atom is 0.422 e. The lowest BCUT2D eigenvalue weighted by molar-refractivity contribution is -0.164. The fourth-order valence-electron chi connectivity index (χ4n) is 3.08. The first-order valence-corrected chi connectivity index (χ1v) is 9.22. The van der Waals surface area contributed by atoms with E-state index in [0.717, 1.165) is 25.3 Å². The van der Waals surface area contributed by atoms with Gasteiger partial charge in [-0.3, -0.25) is 0 Å². The van der Waals surface area contributed by atoms with E-state index in [4.69, 9.17) is 9.73 Å². The number of hydrogen-bond acceptors (Lipinski definition) is 4. The lowest BCUT2D eigenvalue weighted by atomic mass is 10.0. The minimum absolute atomic E-state index is 0.0121. The normalized spacial score (nSPS) is 28.4. The zero-order chi connectivity index (χ0) is 18.8. The van der Waals surface area contributed by atoms with Crippen LogP contribution in [0.2, 0.25) is 0 Å². The van der Waals surface area contributed by atoms with Gasteiger partial charge >= 0.3 is 6.18 Å². The molecule has 142 valence electrons. The molecule has 0 aliphatic carbocycles. The first-order chi connectivity index (χ1) is 11.6. The molecule has 0 spiro atoms. The Balaban J connectivity index is 2.43. The predicted molar refractivity (Wildman–Crippen MR) is 96.6 cm³/mol. The summed E-state index contributed by atoms with van der Waals surface area (Å²) in [4.78, 5) is 9.11. The van der Waals surface area contributed by atoms with Gasteiger partial charge in [0.25, 0.3) is 0 Å². The molecule has 0 saturated carbocycles. The second-order valence-electron chi connectivity index (χ2n) is 6.62. The summed E-state index contributed by atoms with van der Waals surface area (Å²) in [5, 5.41) is 0.